The first-order valence-corrected chi connectivity index (χ1v) is 12.0. The number of aromatic nitrogens is 2. The van der Waals surface area contributed by atoms with Crippen molar-refractivity contribution in [3.8, 4) is 0 Å². The zero-order valence-electron chi connectivity index (χ0n) is 20.7. The maximum absolute atomic E-state index is 13.4. The lowest BCUT2D eigenvalue weighted by Gasteiger charge is -2.13. The van der Waals surface area contributed by atoms with Gasteiger partial charge in [-0.25, -0.2) is 19.2 Å². The number of aromatic carboxylic acids is 2. The van der Waals surface area contributed by atoms with Crippen molar-refractivity contribution in [2.75, 3.05) is 0 Å². The number of rotatable bonds is 4. The van der Waals surface area contributed by atoms with Crippen LogP contribution in [0.5, 0.6) is 0 Å². The van der Waals surface area contributed by atoms with Crippen LogP contribution < -0.4 is 0 Å². The second-order valence-corrected chi connectivity index (χ2v) is 9.32. The van der Waals surface area contributed by atoms with E-state index in [-0.39, 0.29) is 22.3 Å². The predicted octanol–water partition coefficient (Wildman–Crippen LogP) is 5.97. The van der Waals surface area contributed by atoms with Crippen LogP contribution in [0.25, 0.3) is 43.6 Å². The summed E-state index contributed by atoms with van der Waals surface area (Å²) in [5.41, 5.74) is 1.90. The first-order chi connectivity index (χ1) is 18.7. The summed E-state index contributed by atoms with van der Waals surface area (Å²) in [4.78, 5) is 57.5. The van der Waals surface area contributed by atoms with Crippen molar-refractivity contribution < 1.29 is 34.1 Å². The zero-order valence-corrected chi connectivity index (χ0v) is 20.7. The Balaban J connectivity index is 1.49. The van der Waals surface area contributed by atoms with E-state index < -0.39 is 23.9 Å². The van der Waals surface area contributed by atoms with Crippen molar-refractivity contribution in [1.29, 1.82) is 0 Å². The normalized spacial score (nSPS) is 11.4. The monoisotopic (exact) mass is 520 g/mol. The summed E-state index contributed by atoms with van der Waals surface area (Å²) in [7, 11) is 0. The van der Waals surface area contributed by atoms with Crippen LogP contribution in [0.4, 0.5) is 0 Å². The number of para-hydroxylation sites is 2. The lowest BCUT2D eigenvalue weighted by Crippen LogP contribution is -2.20. The molecule has 192 valence electrons. The summed E-state index contributed by atoms with van der Waals surface area (Å²) in [5, 5.41) is 22.6. The molecule has 0 bridgehead atoms. The summed E-state index contributed by atoms with van der Waals surface area (Å²) in [6, 6.07) is 17.3. The molecule has 0 aliphatic carbocycles. The number of carboxylic acids is 2. The number of esters is 2. The summed E-state index contributed by atoms with van der Waals surface area (Å²) in [6.45, 7) is 3.13. The van der Waals surface area contributed by atoms with Crippen LogP contribution in [0.2, 0.25) is 0 Å². The Bertz CT molecular complexity index is 1920. The molecule has 0 aliphatic heterocycles. The highest BCUT2D eigenvalue weighted by molar-refractivity contribution is 6.19. The predicted molar refractivity (Wildman–Crippen MR) is 145 cm³/mol. The van der Waals surface area contributed by atoms with Gasteiger partial charge in [0.15, 0.2) is 0 Å². The SMILES string of the molecule is Cc1c(C(=O)OC(=O)c2c(C(=O)O)cc3c([nH]c4ccccc43)c2C)c(C(=O)O)cc2c1[nH]c1ccccc12. The van der Waals surface area contributed by atoms with Gasteiger partial charge in [0.05, 0.1) is 33.3 Å². The van der Waals surface area contributed by atoms with Crippen LogP contribution in [0, 0.1) is 13.8 Å². The molecule has 9 heteroatoms. The summed E-state index contributed by atoms with van der Waals surface area (Å²) in [5.74, 6) is -5.12. The van der Waals surface area contributed by atoms with Gasteiger partial charge in [-0.3, -0.25) is 0 Å². The molecule has 0 fully saturated rings. The number of hydrogen-bond acceptors (Lipinski definition) is 5. The number of ether oxygens (including phenoxy) is 1. The molecule has 9 nitrogen and oxygen atoms in total. The Morgan fingerprint density at radius 2 is 1.00 bits per heavy atom. The number of H-pyrrole nitrogens is 2. The average molecular weight is 520 g/mol. The standard InChI is InChI=1S/C30H20N2O7/c1-13-23(19(27(33)34)11-17-15-7-3-5-9-21(15)31-25(13)17)29(37)39-30(38)24-14(2)26-18(12-20(24)28(35)36)16-8-4-6-10-22(16)32-26/h3-12,31-32H,1-2H3,(H,33,34)(H,35,36). The van der Waals surface area contributed by atoms with Gasteiger partial charge in [0.2, 0.25) is 0 Å². The number of hydrogen-bond donors (Lipinski definition) is 4. The number of aromatic amines is 2. The number of fused-ring (bicyclic) bond motifs is 6. The van der Waals surface area contributed by atoms with E-state index in [1.54, 1.807) is 13.8 Å². The Morgan fingerprint density at radius 3 is 1.38 bits per heavy atom. The third kappa shape index (κ3) is 3.55. The fraction of sp³-hybridized carbons (Fsp3) is 0.0667. The van der Waals surface area contributed by atoms with E-state index in [0.29, 0.717) is 32.9 Å². The van der Waals surface area contributed by atoms with Gasteiger partial charge in [0, 0.05) is 32.6 Å². The van der Waals surface area contributed by atoms with Crippen molar-refractivity contribution >= 4 is 67.5 Å². The minimum Gasteiger partial charge on any atom is -0.478 e. The number of carbonyl (C=O) groups excluding carboxylic acids is 2. The van der Waals surface area contributed by atoms with E-state index in [1.807, 2.05) is 48.5 Å². The van der Waals surface area contributed by atoms with Crippen molar-refractivity contribution in [1.82, 2.24) is 9.97 Å². The van der Waals surface area contributed by atoms with Crippen LogP contribution in [-0.2, 0) is 4.74 Å². The number of benzene rings is 4. The largest absolute Gasteiger partial charge is 0.478 e. The van der Waals surface area contributed by atoms with Crippen molar-refractivity contribution in [3.63, 3.8) is 0 Å². The number of aryl methyl sites for hydroxylation is 2. The molecule has 0 atom stereocenters. The molecule has 0 saturated heterocycles. The first kappa shape index (κ1) is 23.9. The summed E-state index contributed by atoms with van der Waals surface area (Å²) >= 11 is 0. The summed E-state index contributed by atoms with van der Waals surface area (Å²) in [6.07, 6.45) is 0. The molecule has 0 unspecified atom stereocenters. The Labute approximate surface area is 219 Å². The first-order valence-electron chi connectivity index (χ1n) is 12.0. The minimum absolute atomic E-state index is 0.292. The molecule has 6 rings (SSSR count). The second kappa shape index (κ2) is 8.56. The van der Waals surface area contributed by atoms with Gasteiger partial charge in [-0.15, -0.1) is 0 Å². The fourth-order valence-electron chi connectivity index (χ4n) is 5.36. The molecule has 0 aliphatic rings. The van der Waals surface area contributed by atoms with Gasteiger partial charge in [0.1, 0.15) is 0 Å². The van der Waals surface area contributed by atoms with Crippen LogP contribution in [0.1, 0.15) is 52.6 Å². The van der Waals surface area contributed by atoms with Crippen LogP contribution in [-0.4, -0.2) is 44.1 Å². The Kier molecular flexibility index (Phi) is 5.25. The van der Waals surface area contributed by atoms with Gasteiger partial charge >= 0.3 is 23.9 Å². The molecule has 0 radical (unpaired) electrons. The second-order valence-electron chi connectivity index (χ2n) is 9.32. The van der Waals surface area contributed by atoms with Gasteiger partial charge < -0.3 is 24.9 Å². The lowest BCUT2D eigenvalue weighted by atomic mass is 9.96. The number of carboxylic acid groups (broad SMARTS) is 2. The molecule has 0 amide bonds. The number of carbonyl (C=O) groups is 4. The minimum atomic E-state index is -1.37. The molecular formula is C30H20N2O7. The lowest BCUT2D eigenvalue weighted by molar-refractivity contribution is 0.0386. The van der Waals surface area contributed by atoms with Gasteiger partial charge in [-0.2, -0.15) is 0 Å². The molecule has 39 heavy (non-hydrogen) atoms. The van der Waals surface area contributed by atoms with Crippen LogP contribution >= 0.6 is 0 Å². The average Bonchev–Trinajstić information content (AvgIpc) is 3.47. The topological polar surface area (TPSA) is 150 Å². The highest BCUT2D eigenvalue weighted by atomic mass is 16.6. The fourth-order valence-corrected chi connectivity index (χ4v) is 5.36. The van der Waals surface area contributed by atoms with E-state index in [4.69, 9.17) is 4.74 Å². The number of nitrogens with one attached hydrogen (secondary N) is 2. The van der Waals surface area contributed by atoms with Gasteiger partial charge in [-0.1, -0.05) is 36.4 Å². The van der Waals surface area contributed by atoms with E-state index >= 15 is 0 Å². The van der Waals surface area contributed by atoms with Crippen LogP contribution in [0.3, 0.4) is 0 Å². The van der Waals surface area contributed by atoms with E-state index in [2.05, 4.69) is 9.97 Å². The maximum atomic E-state index is 13.4. The zero-order chi connectivity index (χ0) is 27.6. The third-order valence-electron chi connectivity index (χ3n) is 7.16. The molecule has 0 saturated carbocycles. The highest BCUT2D eigenvalue weighted by Gasteiger charge is 2.30. The molecule has 6 aromatic rings. The quantitative estimate of drug-likeness (QED) is 0.165. The van der Waals surface area contributed by atoms with Gasteiger partial charge in [-0.05, 0) is 49.2 Å². The van der Waals surface area contributed by atoms with E-state index in [1.165, 1.54) is 12.1 Å². The van der Waals surface area contributed by atoms with Crippen LogP contribution in [0.15, 0.2) is 60.7 Å². The third-order valence-corrected chi connectivity index (χ3v) is 7.16. The maximum Gasteiger partial charge on any atom is 0.347 e. The van der Waals surface area contributed by atoms with Crippen molar-refractivity contribution in [3.05, 3.63) is 94.0 Å². The smallest absolute Gasteiger partial charge is 0.347 e. The Hall–Kier alpha value is -5.44. The van der Waals surface area contributed by atoms with E-state index in [0.717, 1.165) is 21.8 Å². The highest BCUT2D eigenvalue weighted by Crippen LogP contribution is 2.34. The molecular weight excluding hydrogens is 500 g/mol. The molecule has 4 N–H and O–H groups in total. The Morgan fingerprint density at radius 1 is 0.615 bits per heavy atom. The summed E-state index contributed by atoms with van der Waals surface area (Å²) < 4.78 is 5.18. The molecule has 2 aromatic heterocycles. The van der Waals surface area contributed by atoms with Crippen molar-refractivity contribution in [2.45, 2.75) is 13.8 Å². The molecule has 2 heterocycles. The van der Waals surface area contributed by atoms with E-state index in [9.17, 15) is 29.4 Å². The molecule has 4 aromatic carbocycles. The van der Waals surface area contributed by atoms with Crippen molar-refractivity contribution in [2.24, 2.45) is 0 Å². The van der Waals surface area contributed by atoms with Gasteiger partial charge in [0.25, 0.3) is 0 Å². The molecule has 0 spiro atoms.